The smallest absolute Gasteiger partial charge is 0.460 e. The monoisotopic (exact) mass is 682 g/mol. The van der Waals surface area contributed by atoms with Gasteiger partial charge in [-0.3, -0.25) is 4.98 Å². The van der Waals surface area contributed by atoms with Gasteiger partial charge >= 0.3 is 21.1 Å². The van der Waals surface area contributed by atoms with Crippen molar-refractivity contribution < 1.29 is 30.2 Å². The number of nitrogens with zero attached hydrogens (tertiary/aromatic N) is 3. The molecule has 0 saturated carbocycles. The molecule has 0 radical (unpaired) electrons. The molecule has 7 heteroatoms. The fourth-order valence-corrected chi connectivity index (χ4v) is 6.64. The van der Waals surface area contributed by atoms with Crippen molar-refractivity contribution in [2.24, 2.45) is 0 Å². The molecule has 184 valence electrons. The van der Waals surface area contributed by atoms with E-state index in [0.717, 1.165) is 38.0 Å². The van der Waals surface area contributed by atoms with Crippen molar-refractivity contribution in [3.63, 3.8) is 0 Å². The Morgan fingerprint density at radius 1 is 0.757 bits per heavy atom. The van der Waals surface area contributed by atoms with Crippen LogP contribution in [0.1, 0.15) is 0 Å². The standard InChI is InChI=1S/C30H22FN3OSi.Pt/c1-36(2,30-8-4-6-18-33-30)24-14-16-28-26(20-24)25-19-23(35-29-7-3-5-17-32-29)13-15-27(25)34(28)22-11-9-21(31)10-12-22;/h3-18H,1-2H3;/q-2;+2. The fraction of sp³-hybridized carbons (Fsp3) is 0.0667. The summed E-state index contributed by atoms with van der Waals surface area (Å²) >= 11 is 0. The quantitative estimate of drug-likeness (QED) is 0.168. The number of fused-ring (bicyclic) bond motifs is 3. The molecule has 0 saturated heterocycles. The van der Waals surface area contributed by atoms with Gasteiger partial charge < -0.3 is 9.30 Å². The molecule has 0 N–H and O–H groups in total. The molecule has 0 aliphatic rings. The predicted octanol–water partition coefficient (Wildman–Crippen LogP) is 5.93. The number of halogens is 1. The van der Waals surface area contributed by atoms with E-state index in [4.69, 9.17) is 4.74 Å². The van der Waals surface area contributed by atoms with Crippen LogP contribution in [0.5, 0.6) is 11.6 Å². The molecular weight excluding hydrogens is 661 g/mol. The summed E-state index contributed by atoms with van der Waals surface area (Å²) in [5.41, 5.74) is 2.78. The minimum absolute atomic E-state index is 0. The molecule has 4 nitrogen and oxygen atoms in total. The van der Waals surface area contributed by atoms with Crippen molar-refractivity contribution >= 4 is 40.4 Å². The van der Waals surface area contributed by atoms with Crippen LogP contribution in [0.2, 0.25) is 13.1 Å². The van der Waals surface area contributed by atoms with Crippen LogP contribution < -0.4 is 15.2 Å². The van der Waals surface area contributed by atoms with Gasteiger partial charge in [-0.15, -0.1) is 35.5 Å². The molecule has 0 atom stereocenters. The van der Waals surface area contributed by atoms with Crippen LogP contribution in [-0.4, -0.2) is 22.6 Å². The zero-order valence-electron chi connectivity index (χ0n) is 20.2. The molecule has 0 fully saturated rings. The Kier molecular flexibility index (Phi) is 6.80. The summed E-state index contributed by atoms with van der Waals surface area (Å²) in [4.78, 5) is 8.92. The van der Waals surface area contributed by atoms with E-state index < -0.39 is 8.07 Å². The number of hydrogen-bond acceptors (Lipinski definition) is 3. The molecule has 37 heavy (non-hydrogen) atoms. The summed E-state index contributed by atoms with van der Waals surface area (Å²) in [6, 6.07) is 33.5. The first-order valence-corrected chi connectivity index (χ1v) is 14.7. The van der Waals surface area contributed by atoms with Gasteiger partial charge in [0.2, 0.25) is 5.88 Å². The second-order valence-electron chi connectivity index (χ2n) is 9.14. The third-order valence-corrected chi connectivity index (χ3v) is 9.68. The average Bonchev–Trinajstić information content (AvgIpc) is 3.23. The van der Waals surface area contributed by atoms with Crippen molar-refractivity contribution in [3.8, 4) is 17.3 Å². The SMILES string of the molecule is C[Si](C)(c1[c-]c2c3[c-]c(Oc4ccccn4)ccc3n(-c3ccc(F)cc3)c2cc1)c1ccccn1.[Pt+2]. The number of benzene rings is 3. The maximum absolute atomic E-state index is 13.7. The van der Waals surface area contributed by atoms with Crippen LogP contribution in [-0.2, 0) is 21.1 Å². The minimum Gasteiger partial charge on any atom is -0.460 e. The van der Waals surface area contributed by atoms with E-state index in [1.54, 1.807) is 18.3 Å². The Morgan fingerprint density at radius 3 is 2.11 bits per heavy atom. The number of aromatic nitrogens is 3. The molecule has 0 aliphatic carbocycles. The number of hydrogen-bond donors (Lipinski definition) is 0. The van der Waals surface area contributed by atoms with Crippen molar-refractivity contribution in [2.45, 2.75) is 13.1 Å². The van der Waals surface area contributed by atoms with Gasteiger partial charge in [0, 0.05) is 35.2 Å². The topological polar surface area (TPSA) is 39.9 Å². The third kappa shape index (κ3) is 4.63. The van der Waals surface area contributed by atoms with Gasteiger partial charge in [0.25, 0.3) is 0 Å². The normalized spacial score (nSPS) is 11.4. The van der Waals surface area contributed by atoms with Gasteiger partial charge in [-0.2, -0.15) is 11.5 Å². The average molecular weight is 683 g/mol. The Labute approximate surface area is 230 Å². The van der Waals surface area contributed by atoms with Crippen LogP contribution in [0.25, 0.3) is 27.5 Å². The Morgan fingerprint density at radius 2 is 1.43 bits per heavy atom. The summed E-state index contributed by atoms with van der Waals surface area (Å²) in [6.07, 6.45) is 3.54. The fourth-order valence-electron chi connectivity index (χ4n) is 4.52. The van der Waals surface area contributed by atoms with Gasteiger partial charge in [0.1, 0.15) is 13.9 Å². The molecule has 3 aromatic heterocycles. The van der Waals surface area contributed by atoms with Crippen molar-refractivity contribution in [3.05, 3.63) is 115 Å². The van der Waals surface area contributed by atoms with Crippen LogP contribution in [0.3, 0.4) is 0 Å². The molecule has 3 heterocycles. The Hall–Kier alpha value is -3.60. The second-order valence-corrected chi connectivity index (χ2v) is 13.4. The van der Waals surface area contributed by atoms with Crippen molar-refractivity contribution in [1.29, 1.82) is 0 Å². The first-order chi connectivity index (χ1) is 17.5. The van der Waals surface area contributed by atoms with E-state index in [1.807, 2.05) is 48.7 Å². The molecule has 6 aromatic rings. The predicted molar refractivity (Wildman–Crippen MR) is 144 cm³/mol. The molecule has 3 aromatic carbocycles. The number of pyridine rings is 2. The van der Waals surface area contributed by atoms with Gasteiger partial charge in [-0.05, 0) is 42.5 Å². The van der Waals surface area contributed by atoms with E-state index >= 15 is 0 Å². The Bertz CT molecular complexity index is 1690. The van der Waals surface area contributed by atoms with Gasteiger partial charge in [-0.25, -0.2) is 14.8 Å². The van der Waals surface area contributed by atoms with Gasteiger partial charge in [0.05, 0.1) is 0 Å². The molecule has 0 aliphatic heterocycles. The van der Waals surface area contributed by atoms with Crippen LogP contribution in [0, 0.1) is 17.9 Å². The summed E-state index contributed by atoms with van der Waals surface area (Å²) in [7, 11) is -2.09. The molecule has 6 rings (SSSR count). The zero-order valence-corrected chi connectivity index (χ0v) is 23.5. The van der Waals surface area contributed by atoms with E-state index in [-0.39, 0.29) is 26.9 Å². The van der Waals surface area contributed by atoms with Crippen LogP contribution >= 0.6 is 0 Å². The van der Waals surface area contributed by atoms with E-state index in [2.05, 4.69) is 58.0 Å². The largest absolute Gasteiger partial charge is 2.00 e. The zero-order chi connectivity index (χ0) is 24.7. The van der Waals surface area contributed by atoms with E-state index in [1.165, 1.54) is 12.1 Å². The van der Waals surface area contributed by atoms with Crippen molar-refractivity contribution in [2.75, 3.05) is 0 Å². The molecule has 0 bridgehead atoms. The maximum atomic E-state index is 13.7. The number of ether oxygens (including phenoxy) is 1. The first-order valence-electron chi connectivity index (χ1n) is 11.7. The molecule has 0 spiro atoms. The number of rotatable bonds is 5. The molecule has 0 unspecified atom stereocenters. The second kappa shape index (κ2) is 10.0. The third-order valence-electron chi connectivity index (χ3n) is 6.47. The summed E-state index contributed by atoms with van der Waals surface area (Å²) in [6.45, 7) is 4.57. The van der Waals surface area contributed by atoms with Crippen molar-refractivity contribution in [1.82, 2.24) is 14.5 Å². The van der Waals surface area contributed by atoms with Crippen LogP contribution in [0.15, 0.2) is 97.3 Å². The molecule has 0 amide bonds. The van der Waals surface area contributed by atoms with Gasteiger partial charge in [-0.1, -0.05) is 36.3 Å². The summed E-state index contributed by atoms with van der Waals surface area (Å²) in [5.74, 6) is 0.803. The summed E-state index contributed by atoms with van der Waals surface area (Å²) in [5, 5.41) is 4.08. The first kappa shape index (κ1) is 25.1. The Balaban J connectivity index is 0.00000280. The van der Waals surface area contributed by atoms with E-state index in [0.29, 0.717) is 11.6 Å². The molecular formula is C30H22FN3OPtSi. The minimum atomic E-state index is -2.09. The van der Waals surface area contributed by atoms with E-state index in [9.17, 15) is 4.39 Å². The summed E-state index contributed by atoms with van der Waals surface area (Å²) < 4.78 is 21.8. The maximum Gasteiger partial charge on any atom is 2.00 e. The van der Waals surface area contributed by atoms with Crippen LogP contribution in [0.4, 0.5) is 4.39 Å². The van der Waals surface area contributed by atoms with Gasteiger partial charge in [0.15, 0.2) is 0 Å².